The monoisotopic (exact) mass is 198 g/mol. The van der Waals surface area contributed by atoms with Gasteiger partial charge in [0.2, 0.25) is 5.91 Å². The van der Waals surface area contributed by atoms with Crippen molar-refractivity contribution in [1.82, 2.24) is 9.80 Å². The first-order chi connectivity index (χ1) is 6.61. The molecular weight excluding hydrogens is 176 g/mol. The Hall–Kier alpha value is -0.570. The van der Waals surface area contributed by atoms with Crippen molar-refractivity contribution in [2.45, 2.75) is 26.7 Å². The van der Waals surface area contributed by atoms with E-state index < -0.39 is 0 Å². The smallest absolute Gasteiger partial charge is 0.223 e. The Labute approximate surface area is 87.1 Å². The highest BCUT2D eigenvalue weighted by Gasteiger charge is 2.45. The summed E-state index contributed by atoms with van der Waals surface area (Å²) in [4.78, 5) is 15.5. The predicted octanol–water partition coefficient (Wildman–Crippen LogP) is 1.20. The van der Waals surface area contributed by atoms with Crippen molar-refractivity contribution in [3.63, 3.8) is 0 Å². The highest BCUT2D eigenvalue weighted by atomic mass is 16.2. The summed E-state index contributed by atoms with van der Waals surface area (Å²) >= 11 is 0. The molecule has 1 spiro atoms. The molecule has 2 aliphatic heterocycles. The lowest BCUT2D eigenvalue weighted by atomic mass is 9.86. The molecule has 2 saturated heterocycles. The maximum Gasteiger partial charge on any atom is 0.223 e. The molecule has 2 heterocycles. The summed E-state index contributed by atoms with van der Waals surface area (Å²) in [6.07, 6.45) is 1.97. The van der Waals surface area contributed by atoms with Gasteiger partial charge in [-0.15, -0.1) is 0 Å². The van der Waals surface area contributed by atoms with Crippen molar-refractivity contribution >= 4 is 5.91 Å². The van der Waals surface area contributed by atoms with E-state index in [1.165, 1.54) is 6.42 Å². The molecule has 3 nitrogen and oxygen atoms in total. The molecule has 0 aromatic heterocycles. The van der Waals surface area contributed by atoms with Crippen LogP contribution in [0.4, 0.5) is 0 Å². The van der Waals surface area contributed by atoms with Crippen LogP contribution in [0.2, 0.25) is 0 Å². The normalized spacial score (nSPS) is 32.3. The standard InChI is InChI=1S/C9H16N2O.C2H6/c1-10-4-3-9(6-10)5-8(12)11(2)7-9;1-2/h3-7H2,1-2H3;1-2H3. The Balaban J connectivity index is 0.000000461. The summed E-state index contributed by atoms with van der Waals surface area (Å²) in [5.74, 6) is 0.324. The fourth-order valence-corrected chi connectivity index (χ4v) is 2.54. The molecule has 0 radical (unpaired) electrons. The van der Waals surface area contributed by atoms with Crippen molar-refractivity contribution in [3.05, 3.63) is 0 Å². The zero-order valence-corrected chi connectivity index (χ0v) is 9.84. The Bertz CT molecular complexity index is 217. The lowest BCUT2D eigenvalue weighted by Crippen LogP contribution is -2.28. The summed E-state index contributed by atoms with van der Waals surface area (Å²) in [5, 5.41) is 0. The third kappa shape index (κ3) is 2.08. The van der Waals surface area contributed by atoms with E-state index in [-0.39, 0.29) is 0 Å². The zero-order valence-electron chi connectivity index (χ0n) is 9.84. The first-order valence-corrected chi connectivity index (χ1v) is 5.54. The number of carbonyl (C=O) groups is 1. The average molecular weight is 198 g/mol. The number of likely N-dealkylation sites (tertiary alicyclic amines) is 2. The van der Waals surface area contributed by atoms with E-state index in [1.54, 1.807) is 0 Å². The Morgan fingerprint density at radius 3 is 2.21 bits per heavy atom. The second kappa shape index (κ2) is 4.30. The highest BCUT2D eigenvalue weighted by Crippen LogP contribution is 2.38. The van der Waals surface area contributed by atoms with Gasteiger partial charge in [-0.05, 0) is 20.0 Å². The van der Waals surface area contributed by atoms with E-state index >= 15 is 0 Å². The molecule has 0 aromatic rings. The van der Waals surface area contributed by atoms with Crippen LogP contribution in [0, 0.1) is 5.41 Å². The Morgan fingerprint density at radius 1 is 1.21 bits per heavy atom. The van der Waals surface area contributed by atoms with Gasteiger partial charge >= 0.3 is 0 Å². The van der Waals surface area contributed by atoms with Crippen LogP contribution in [0.3, 0.4) is 0 Å². The SMILES string of the molecule is CC.CN1CCC2(CC(=O)N(C)C2)C1. The molecule has 2 fully saturated rings. The molecule has 0 aromatic carbocycles. The van der Waals surface area contributed by atoms with E-state index in [9.17, 15) is 4.79 Å². The van der Waals surface area contributed by atoms with Crippen LogP contribution >= 0.6 is 0 Å². The first kappa shape index (κ1) is 11.5. The molecule has 2 rings (SSSR count). The fourth-order valence-electron chi connectivity index (χ4n) is 2.54. The predicted molar refractivity (Wildman–Crippen MR) is 58.1 cm³/mol. The molecule has 82 valence electrons. The summed E-state index contributed by atoms with van der Waals surface area (Å²) in [6.45, 7) is 7.22. The molecule has 0 N–H and O–H groups in total. The lowest BCUT2D eigenvalue weighted by molar-refractivity contribution is -0.126. The third-order valence-corrected chi connectivity index (χ3v) is 3.15. The Morgan fingerprint density at radius 2 is 1.86 bits per heavy atom. The van der Waals surface area contributed by atoms with Crippen LogP contribution in [0.1, 0.15) is 26.7 Å². The number of rotatable bonds is 0. The van der Waals surface area contributed by atoms with Gasteiger partial charge in [0.15, 0.2) is 0 Å². The average Bonchev–Trinajstić information content (AvgIpc) is 2.62. The van der Waals surface area contributed by atoms with Crippen LogP contribution in [-0.4, -0.2) is 49.4 Å². The number of hydrogen-bond donors (Lipinski definition) is 0. The van der Waals surface area contributed by atoms with E-state index in [0.717, 1.165) is 26.1 Å². The summed E-state index contributed by atoms with van der Waals surface area (Å²) < 4.78 is 0. The molecule has 0 bridgehead atoms. The van der Waals surface area contributed by atoms with Gasteiger partial charge in [0.1, 0.15) is 0 Å². The first-order valence-electron chi connectivity index (χ1n) is 5.54. The van der Waals surface area contributed by atoms with Crippen LogP contribution in [0.25, 0.3) is 0 Å². The second-order valence-corrected chi connectivity index (χ2v) is 4.41. The van der Waals surface area contributed by atoms with Crippen LogP contribution in [-0.2, 0) is 4.79 Å². The van der Waals surface area contributed by atoms with Crippen LogP contribution < -0.4 is 0 Å². The zero-order chi connectivity index (χ0) is 10.8. The third-order valence-electron chi connectivity index (χ3n) is 3.15. The van der Waals surface area contributed by atoms with Gasteiger partial charge in [-0.3, -0.25) is 4.79 Å². The van der Waals surface area contributed by atoms with E-state index in [0.29, 0.717) is 11.3 Å². The van der Waals surface area contributed by atoms with Crippen LogP contribution in [0.5, 0.6) is 0 Å². The maximum atomic E-state index is 11.3. The van der Waals surface area contributed by atoms with Gasteiger partial charge in [0.05, 0.1) is 0 Å². The molecule has 1 amide bonds. The van der Waals surface area contributed by atoms with Crippen molar-refractivity contribution in [2.24, 2.45) is 5.41 Å². The molecule has 14 heavy (non-hydrogen) atoms. The molecule has 1 unspecified atom stereocenters. The van der Waals surface area contributed by atoms with Gasteiger partial charge in [-0.25, -0.2) is 0 Å². The largest absolute Gasteiger partial charge is 0.345 e. The number of amides is 1. The lowest BCUT2D eigenvalue weighted by Gasteiger charge is -2.21. The molecule has 2 aliphatic rings. The van der Waals surface area contributed by atoms with E-state index in [4.69, 9.17) is 0 Å². The van der Waals surface area contributed by atoms with Gasteiger partial charge in [0, 0.05) is 32.0 Å². The Kier molecular flexibility index (Phi) is 3.53. The summed E-state index contributed by atoms with van der Waals surface area (Å²) in [5.41, 5.74) is 0.306. The van der Waals surface area contributed by atoms with Crippen molar-refractivity contribution in [2.75, 3.05) is 33.7 Å². The number of carbonyl (C=O) groups excluding carboxylic acids is 1. The minimum atomic E-state index is 0.306. The summed E-state index contributed by atoms with van der Waals surface area (Å²) in [6, 6.07) is 0. The summed E-state index contributed by atoms with van der Waals surface area (Å²) in [7, 11) is 4.05. The minimum absolute atomic E-state index is 0.306. The molecule has 0 aliphatic carbocycles. The molecule has 3 heteroatoms. The van der Waals surface area contributed by atoms with E-state index in [2.05, 4.69) is 11.9 Å². The maximum absolute atomic E-state index is 11.3. The minimum Gasteiger partial charge on any atom is -0.345 e. The molecule has 0 saturated carbocycles. The highest BCUT2D eigenvalue weighted by molar-refractivity contribution is 5.79. The van der Waals surface area contributed by atoms with Crippen LogP contribution in [0.15, 0.2) is 0 Å². The number of nitrogens with zero attached hydrogens (tertiary/aromatic N) is 2. The quantitative estimate of drug-likeness (QED) is 0.584. The topological polar surface area (TPSA) is 23.6 Å². The van der Waals surface area contributed by atoms with Gasteiger partial charge < -0.3 is 9.80 Å². The van der Waals surface area contributed by atoms with Crippen molar-refractivity contribution < 1.29 is 4.79 Å². The van der Waals surface area contributed by atoms with E-state index in [1.807, 2.05) is 25.8 Å². The van der Waals surface area contributed by atoms with Gasteiger partial charge in [0.25, 0.3) is 0 Å². The van der Waals surface area contributed by atoms with Crippen molar-refractivity contribution in [1.29, 1.82) is 0 Å². The van der Waals surface area contributed by atoms with Gasteiger partial charge in [-0.1, -0.05) is 13.8 Å². The van der Waals surface area contributed by atoms with Crippen molar-refractivity contribution in [3.8, 4) is 0 Å². The number of hydrogen-bond acceptors (Lipinski definition) is 2. The molecule has 1 atom stereocenters. The molecular formula is C11H22N2O. The second-order valence-electron chi connectivity index (χ2n) is 4.41. The fraction of sp³-hybridized carbons (Fsp3) is 0.909. The van der Waals surface area contributed by atoms with Gasteiger partial charge in [-0.2, -0.15) is 0 Å².